The third-order valence-corrected chi connectivity index (χ3v) is 4.85. The Morgan fingerprint density at radius 1 is 0.964 bits per heavy atom. The number of phenols is 1. The van der Waals surface area contributed by atoms with Crippen LogP contribution in [0.5, 0.6) is 5.75 Å². The zero-order valence-electron chi connectivity index (χ0n) is 14.9. The number of aromatic hydroxyl groups is 1. The molecular formula is C22H17N5O. The standard InChI is InChI=1S/C22H17N5O/c23-22-25-6-5-21(27-22)26-17-8-16-11-24-12-20(16)19(10-17)15-2-1-14-9-18(28)4-3-13(14)7-15/h1-11,28H,12H2,(H3,23,25,26,27). The smallest absolute Gasteiger partial charge is 0.221 e. The Morgan fingerprint density at radius 3 is 2.71 bits per heavy atom. The number of nitrogen functional groups attached to an aromatic ring is 1. The predicted molar refractivity (Wildman–Crippen MR) is 112 cm³/mol. The van der Waals surface area contributed by atoms with E-state index in [0.717, 1.165) is 33.2 Å². The van der Waals surface area contributed by atoms with E-state index < -0.39 is 0 Å². The van der Waals surface area contributed by atoms with Crippen LogP contribution in [0.15, 0.2) is 65.8 Å². The minimum atomic E-state index is 0.228. The fraction of sp³-hybridized carbons (Fsp3) is 0.0455. The van der Waals surface area contributed by atoms with Crippen molar-refractivity contribution in [1.29, 1.82) is 0 Å². The maximum Gasteiger partial charge on any atom is 0.221 e. The first-order chi connectivity index (χ1) is 13.7. The minimum absolute atomic E-state index is 0.228. The SMILES string of the molecule is Nc1nccc(Nc2cc3c(c(-c4ccc5cc(O)ccc5c4)c2)CN=C3)n1. The molecule has 0 aliphatic carbocycles. The average molecular weight is 367 g/mol. The summed E-state index contributed by atoms with van der Waals surface area (Å²) in [4.78, 5) is 12.6. The van der Waals surface area contributed by atoms with Crippen LogP contribution in [0.2, 0.25) is 0 Å². The number of nitrogens with zero attached hydrogens (tertiary/aromatic N) is 3. The van der Waals surface area contributed by atoms with Crippen molar-refractivity contribution in [2.75, 3.05) is 11.1 Å². The molecule has 0 saturated carbocycles. The fourth-order valence-electron chi connectivity index (χ4n) is 3.54. The molecule has 0 fully saturated rings. The van der Waals surface area contributed by atoms with Gasteiger partial charge in [0.1, 0.15) is 11.6 Å². The summed E-state index contributed by atoms with van der Waals surface area (Å²) in [6.45, 7) is 0.666. The van der Waals surface area contributed by atoms with E-state index in [1.807, 2.05) is 18.3 Å². The molecule has 0 radical (unpaired) electrons. The molecule has 0 amide bonds. The second-order valence-electron chi connectivity index (χ2n) is 6.73. The van der Waals surface area contributed by atoms with Gasteiger partial charge in [0, 0.05) is 23.7 Å². The average Bonchev–Trinajstić information content (AvgIpc) is 3.15. The summed E-state index contributed by atoms with van der Waals surface area (Å²) in [5.41, 5.74) is 11.1. The molecule has 4 aromatic rings. The van der Waals surface area contributed by atoms with E-state index in [1.54, 1.807) is 24.4 Å². The number of benzene rings is 3. The summed E-state index contributed by atoms with van der Waals surface area (Å²) < 4.78 is 0. The van der Waals surface area contributed by atoms with Crippen molar-refractivity contribution < 1.29 is 5.11 Å². The van der Waals surface area contributed by atoms with E-state index in [1.165, 1.54) is 5.56 Å². The van der Waals surface area contributed by atoms with Gasteiger partial charge in [-0.05, 0) is 63.9 Å². The zero-order chi connectivity index (χ0) is 19.1. The lowest BCUT2D eigenvalue weighted by Crippen LogP contribution is -2.00. The zero-order valence-corrected chi connectivity index (χ0v) is 14.9. The van der Waals surface area contributed by atoms with E-state index >= 15 is 0 Å². The first-order valence-electron chi connectivity index (χ1n) is 8.91. The van der Waals surface area contributed by atoms with Gasteiger partial charge in [0.25, 0.3) is 0 Å². The number of nitrogens with one attached hydrogen (secondary N) is 1. The summed E-state index contributed by atoms with van der Waals surface area (Å²) in [6.07, 6.45) is 3.52. The molecule has 0 spiro atoms. The Labute approximate surface area is 161 Å². The van der Waals surface area contributed by atoms with Gasteiger partial charge in [-0.1, -0.05) is 18.2 Å². The van der Waals surface area contributed by atoms with E-state index in [9.17, 15) is 5.11 Å². The van der Waals surface area contributed by atoms with Crippen LogP contribution in [0.3, 0.4) is 0 Å². The number of hydrogen-bond donors (Lipinski definition) is 3. The summed E-state index contributed by atoms with van der Waals surface area (Å²) in [6, 6.07) is 17.6. The van der Waals surface area contributed by atoms with Crippen molar-refractivity contribution in [2.24, 2.45) is 4.99 Å². The molecule has 1 aliphatic heterocycles. The summed E-state index contributed by atoms with van der Waals surface area (Å²) in [5, 5.41) is 15.1. The number of nitrogens with two attached hydrogens (primary N) is 1. The van der Waals surface area contributed by atoms with Crippen molar-refractivity contribution >= 4 is 34.4 Å². The molecular weight excluding hydrogens is 350 g/mol. The molecule has 0 saturated heterocycles. The summed E-state index contributed by atoms with van der Waals surface area (Å²) >= 11 is 0. The van der Waals surface area contributed by atoms with Crippen LogP contribution in [-0.2, 0) is 6.54 Å². The number of rotatable bonds is 3. The van der Waals surface area contributed by atoms with Crippen LogP contribution in [0.4, 0.5) is 17.5 Å². The lowest BCUT2D eigenvalue weighted by molar-refractivity contribution is 0.476. The van der Waals surface area contributed by atoms with Crippen molar-refractivity contribution in [1.82, 2.24) is 9.97 Å². The maximum absolute atomic E-state index is 9.70. The number of aromatic nitrogens is 2. The second kappa shape index (κ2) is 6.35. The highest BCUT2D eigenvalue weighted by molar-refractivity contribution is 5.94. The van der Waals surface area contributed by atoms with Crippen molar-refractivity contribution in [3.8, 4) is 16.9 Å². The second-order valence-corrected chi connectivity index (χ2v) is 6.73. The van der Waals surface area contributed by atoms with Crippen LogP contribution >= 0.6 is 0 Å². The molecule has 0 bridgehead atoms. The van der Waals surface area contributed by atoms with Gasteiger partial charge in [0.2, 0.25) is 5.95 Å². The lowest BCUT2D eigenvalue weighted by atomic mass is 9.94. The van der Waals surface area contributed by atoms with Crippen molar-refractivity contribution in [3.05, 3.63) is 71.9 Å². The molecule has 3 aromatic carbocycles. The van der Waals surface area contributed by atoms with Gasteiger partial charge in [0.15, 0.2) is 0 Å². The highest BCUT2D eigenvalue weighted by atomic mass is 16.3. The molecule has 0 unspecified atom stereocenters. The molecule has 1 aliphatic rings. The van der Waals surface area contributed by atoms with E-state index in [4.69, 9.17) is 5.73 Å². The maximum atomic E-state index is 9.70. The molecule has 1 aromatic heterocycles. The van der Waals surface area contributed by atoms with Gasteiger partial charge >= 0.3 is 0 Å². The Bertz CT molecular complexity index is 1250. The quantitative estimate of drug-likeness (QED) is 0.503. The van der Waals surface area contributed by atoms with Crippen LogP contribution in [-0.4, -0.2) is 21.3 Å². The highest BCUT2D eigenvalue weighted by Gasteiger charge is 2.15. The molecule has 2 heterocycles. The fourth-order valence-corrected chi connectivity index (χ4v) is 3.54. The Balaban J connectivity index is 1.61. The van der Waals surface area contributed by atoms with Crippen molar-refractivity contribution in [3.63, 3.8) is 0 Å². The van der Waals surface area contributed by atoms with Crippen LogP contribution in [0, 0.1) is 0 Å². The van der Waals surface area contributed by atoms with Crippen molar-refractivity contribution in [2.45, 2.75) is 6.54 Å². The molecule has 6 heteroatoms. The number of anilines is 3. The minimum Gasteiger partial charge on any atom is -0.508 e. The Morgan fingerprint density at radius 2 is 1.82 bits per heavy atom. The van der Waals surface area contributed by atoms with Gasteiger partial charge in [0.05, 0.1) is 6.54 Å². The first-order valence-corrected chi connectivity index (χ1v) is 8.91. The third kappa shape index (κ3) is 2.91. The van der Waals surface area contributed by atoms with E-state index in [2.05, 4.69) is 44.5 Å². The highest BCUT2D eigenvalue weighted by Crippen LogP contribution is 2.35. The normalized spacial score (nSPS) is 12.3. The lowest BCUT2D eigenvalue weighted by Gasteiger charge is -2.14. The monoisotopic (exact) mass is 367 g/mol. The Kier molecular flexibility index (Phi) is 3.69. The van der Waals surface area contributed by atoms with E-state index in [-0.39, 0.29) is 11.7 Å². The molecule has 0 atom stereocenters. The van der Waals surface area contributed by atoms with Gasteiger partial charge < -0.3 is 16.2 Å². The first kappa shape index (κ1) is 16.3. The summed E-state index contributed by atoms with van der Waals surface area (Å²) in [5.74, 6) is 1.14. The largest absolute Gasteiger partial charge is 0.508 e. The van der Waals surface area contributed by atoms with Gasteiger partial charge in [-0.3, -0.25) is 4.99 Å². The van der Waals surface area contributed by atoms with Crippen LogP contribution in [0.25, 0.3) is 21.9 Å². The predicted octanol–water partition coefficient (Wildman–Crippen LogP) is 4.26. The van der Waals surface area contributed by atoms with Gasteiger partial charge in [-0.2, -0.15) is 4.98 Å². The van der Waals surface area contributed by atoms with Gasteiger partial charge in [-0.15, -0.1) is 0 Å². The summed E-state index contributed by atoms with van der Waals surface area (Å²) in [7, 11) is 0. The molecule has 6 nitrogen and oxygen atoms in total. The van der Waals surface area contributed by atoms with Crippen LogP contribution < -0.4 is 11.1 Å². The number of hydrogen-bond acceptors (Lipinski definition) is 6. The molecule has 28 heavy (non-hydrogen) atoms. The van der Waals surface area contributed by atoms with Crippen LogP contribution in [0.1, 0.15) is 11.1 Å². The molecule has 4 N–H and O–H groups in total. The van der Waals surface area contributed by atoms with Gasteiger partial charge in [-0.25, -0.2) is 4.98 Å². The molecule has 136 valence electrons. The Hall–Kier alpha value is -3.93. The molecule has 5 rings (SSSR count). The number of fused-ring (bicyclic) bond motifs is 2. The third-order valence-electron chi connectivity index (χ3n) is 4.85. The van der Waals surface area contributed by atoms with E-state index in [0.29, 0.717) is 12.4 Å². The topological polar surface area (TPSA) is 96.4 Å². The number of aliphatic imine (C=N–C) groups is 1. The number of phenolic OH excluding ortho intramolecular Hbond substituents is 1.